The van der Waals surface area contributed by atoms with Gasteiger partial charge in [-0.1, -0.05) is 54.6 Å². The van der Waals surface area contributed by atoms with Crippen molar-refractivity contribution < 1.29 is 9.53 Å². The number of hydrogen-bond acceptors (Lipinski definition) is 5. The fraction of sp³-hybridized carbons (Fsp3) is 0.286. The van der Waals surface area contributed by atoms with Crippen molar-refractivity contribution in [2.45, 2.75) is 6.92 Å². The molecule has 138 valence electrons. The second kappa shape index (κ2) is 7.61. The van der Waals surface area contributed by atoms with Crippen molar-refractivity contribution in [3.63, 3.8) is 0 Å². The molecule has 0 atom stereocenters. The Kier molecular flexibility index (Phi) is 4.87. The molecule has 0 aliphatic carbocycles. The van der Waals surface area contributed by atoms with E-state index in [0.717, 1.165) is 27.8 Å². The van der Waals surface area contributed by atoms with E-state index in [1.165, 1.54) is 0 Å². The number of aromatic nitrogens is 2. The normalized spacial score (nSPS) is 14.4. The van der Waals surface area contributed by atoms with Gasteiger partial charge in [-0.15, -0.1) is 10.2 Å². The fourth-order valence-corrected chi connectivity index (χ4v) is 3.45. The Morgan fingerprint density at radius 2 is 1.59 bits per heavy atom. The van der Waals surface area contributed by atoms with Crippen molar-refractivity contribution in [1.29, 1.82) is 0 Å². The summed E-state index contributed by atoms with van der Waals surface area (Å²) in [6.07, 6.45) is -0.243. The molecule has 6 heteroatoms. The van der Waals surface area contributed by atoms with Crippen molar-refractivity contribution in [3.8, 4) is 11.3 Å². The molecule has 1 saturated heterocycles. The molecule has 1 aliphatic rings. The predicted molar refractivity (Wildman–Crippen MR) is 106 cm³/mol. The zero-order valence-corrected chi connectivity index (χ0v) is 15.3. The van der Waals surface area contributed by atoms with Crippen molar-refractivity contribution in [2.75, 3.05) is 37.7 Å². The lowest BCUT2D eigenvalue weighted by atomic mass is 10.0. The number of ether oxygens (including phenoxy) is 1. The predicted octanol–water partition coefficient (Wildman–Crippen LogP) is 3.58. The summed E-state index contributed by atoms with van der Waals surface area (Å²) in [6.45, 7) is 4.88. The summed E-state index contributed by atoms with van der Waals surface area (Å²) < 4.78 is 5.10. The van der Waals surface area contributed by atoms with Gasteiger partial charge in [-0.2, -0.15) is 0 Å². The number of nitrogens with zero attached hydrogens (tertiary/aromatic N) is 4. The maximum Gasteiger partial charge on any atom is 0.409 e. The highest BCUT2D eigenvalue weighted by atomic mass is 16.6. The molecule has 2 heterocycles. The van der Waals surface area contributed by atoms with Crippen molar-refractivity contribution >= 4 is 22.7 Å². The van der Waals surface area contributed by atoms with Gasteiger partial charge in [0.2, 0.25) is 0 Å². The van der Waals surface area contributed by atoms with Gasteiger partial charge in [-0.3, -0.25) is 0 Å². The first-order chi connectivity index (χ1) is 13.3. The van der Waals surface area contributed by atoms with Crippen LogP contribution in [0.15, 0.2) is 54.6 Å². The number of piperazine rings is 1. The molecule has 1 fully saturated rings. The van der Waals surface area contributed by atoms with Gasteiger partial charge in [-0.05, 0) is 6.92 Å². The summed E-state index contributed by atoms with van der Waals surface area (Å²) in [7, 11) is 0. The van der Waals surface area contributed by atoms with Crippen molar-refractivity contribution in [1.82, 2.24) is 15.1 Å². The monoisotopic (exact) mass is 362 g/mol. The standard InChI is InChI=1S/C21H22N4O2/c1-2-27-21(26)25-14-12-24(13-15-25)20-18-11-7-6-10-17(18)19(22-23-20)16-8-4-3-5-9-16/h3-11H,2,12-15H2,1H3. The Morgan fingerprint density at radius 1 is 0.926 bits per heavy atom. The minimum atomic E-state index is -0.243. The SMILES string of the molecule is CCOC(=O)N1CCN(c2nnc(-c3ccccc3)c3ccccc23)CC1. The molecule has 1 aromatic heterocycles. The first-order valence-electron chi connectivity index (χ1n) is 9.25. The lowest BCUT2D eigenvalue weighted by Gasteiger charge is -2.35. The van der Waals surface area contributed by atoms with E-state index in [4.69, 9.17) is 4.74 Å². The van der Waals surface area contributed by atoms with E-state index in [1.54, 1.807) is 4.90 Å². The van der Waals surface area contributed by atoms with Crippen molar-refractivity contribution in [3.05, 3.63) is 54.6 Å². The first kappa shape index (κ1) is 17.3. The van der Waals surface area contributed by atoms with E-state index in [2.05, 4.69) is 27.2 Å². The second-order valence-electron chi connectivity index (χ2n) is 6.46. The van der Waals surface area contributed by atoms with E-state index in [0.29, 0.717) is 32.8 Å². The summed E-state index contributed by atoms with van der Waals surface area (Å²) in [5, 5.41) is 11.3. The van der Waals surface area contributed by atoms with Crippen LogP contribution in [0.2, 0.25) is 0 Å². The van der Waals surface area contributed by atoms with E-state index in [1.807, 2.05) is 49.4 Å². The third-order valence-corrected chi connectivity index (χ3v) is 4.82. The number of benzene rings is 2. The van der Waals surface area contributed by atoms with Crippen LogP contribution in [0.25, 0.3) is 22.0 Å². The zero-order valence-electron chi connectivity index (χ0n) is 15.3. The molecule has 3 aromatic rings. The lowest BCUT2D eigenvalue weighted by molar-refractivity contribution is 0.105. The van der Waals surface area contributed by atoms with Crippen LogP contribution in [0.1, 0.15) is 6.92 Å². The van der Waals surface area contributed by atoms with Crippen LogP contribution in [0.4, 0.5) is 10.6 Å². The summed E-state index contributed by atoms with van der Waals surface area (Å²) >= 11 is 0. The Morgan fingerprint density at radius 3 is 2.30 bits per heavy atom. The van der Waals surface area contributed by atoms with E-state index in [9.17, 15) is 4.79 Å². The van der Waals surface area contributed by atoms with Crippen LogP contribution in [-0.4, -0.2) is 54.0 Å². The summed E-state index contributed by atoms with van der Waals surface area (Å²) in [5.74, 6) is 0.869. The Labute approximate surface area is 158 Å². The smallest absolute Gasteiger partial charge is 0.409 e. The highest BCUT2D eigenvalue weighted by molar-refractivity contribution is 6.00. The fourth-order valence-electron chi connectivity index (χ4n) is 3.45. The van der Waals surface area contributed by atoms with Gasteiger partial charge in [0.15, 0.2) is 5.82 Å². The van der Waals surface area contributed by atoms with Gasteiger partial charge in [0.1, 0.15) is 5.69 Å². The molecule has 0 saturated carbocycles. The lowest BCUT2D eigenvalue weighted by Crippen LogP contribution is -2.49. The number of anilines is 1. The van der Waals surface area contributed by atoms with E-state index >= 15 is 0 Å². The maximum absolute atomic E-state index is 11.9. The Hall–Kier alpha value is -3.15. The number of rotatable bonds is 3. The minimum Gasteiger partial charge on any atom is -0.450 e. The van der Waals surface area contributed by atoms with Crippen LogP contribution in [-0.2, 0) is 4.74 Å². The number of carbonyl (C=O) groups is 1. The van der Waals surface area contributed by atoms with Crippen LogP contribution in [0, 0.1) is 0 Å². The van der Waals surface area contributed by atoms with Gasteiger partial charge in [-0.25, -0.2) is 4.79 Å². The van der Waals surface area contributed by atoms with Gasteiger partial charge >= 0.3 is 6.09 Å². The number of carbonyl (C=O) groups excluding carboxylic acids is 1. The number of fused-ring (bicyclic) bond motifs is 1. The molecule has 0 bridgehead atoms. The molecule has 0 unspecified atom stereocenters. The molecule has 27 heavy (non-hydrogen) atoms. The number of hydrogen-bond donors (Lipinski definition) is 0. The maximum atomic E-state index is 11.9. The topological polar surface area (TPSA) is 58.6 Å². The average Bonchev–Trinajstić information content (AvgIpc) is 2.74. The van der Waals surface area contributed by atoms with Gasteiger partial charge < -0.3 is 14.5 Å². The van der Waals surface area contributed by atoms with Gasteiger partial charge in [0, 0.05) is 42.5 Å². The number of amides is 1. The molecule has 1 aliphatic heterocycles. The quantitative estimate of drug-likeness (QED) is 0.713. The van der Waals surface area contributed by atoms with E-state index in [-0.39, 0.29) is 6.09 Å². The molecular weight excluding hydrogens is 340 g/mol. The molecule has 1 amide bonds. The Balaban J connectivity index is 1.64. The molecule has 4 rings (SSSR count). The molecular formula is C21H22N4O2. The zero-order chi connectivity index (χ0) is 18.6. The third-order valence-electron chi connectivity index (χ3n) is 4.82. The molecule has 2 aromatic carbocycles. The highest BCUT2D eigenvalue weighted by Crippen LogP contribution is 2.31. The van der Waals surface area contributed by atoms with Crippen LogP contribution in [0.5, 0.6) is 0 Å². The van der Waals surface area contributed by atoms with Crippen LogP contribution < -0.4 is 4.90 Å². The first-order valence-corrected chi connectivity index (χ1v) is 9.25. The van der Waals surface area contributed by atoms with Crippen LogP contribution >= 0.6 is 0 Å². The molecule has 0 radical (unpaired) electrons. The highest BCUT2D eigenvalue weighted by Gasteiger charge is 2.24. The summed E-state index contributed by atoms with van der Waals surface area (Å²) in [6, 6.07) is 18.3. The van der Waals surface area contributed by atoms with Gasteiger partial charge in [0.05, 0.1) is 6.61 Å². The van der Waals surface area contributed by atoms with Gasteiger partial charge in [0.25, 0.3) is 0 Å². The molecule has 0 spiro atoms. The van der Waals surface area contributed by atoms with Crippen LogP contribution in [0.3, 0.4) is 0 Å². The second-order valence-corrected chi connectivity index (χ2v) is 6.46. The van der Waals surface area contributed by atoms with E-state index < -0.39 is 0 Å². The van der Waals surface area contributed by atoms with Crippen molar-refractivity contribution in [2.24, 2.45) is 0 Å². The summed E-state index contributed by atoms with van der Waals surface area (Å²) in [4.78, 5) is 15.9. The molecule has 0 N–H and O–H groups in total. The third kappa shape index (κ3) is 3.43. The summed E-state index contributed by atoms with van der Waals surface area (Å²) in [5.41, 5.74) is 1.94. The molecule has 6 nitrogen and oxygen atoms in total. The average molecular weight is 362 g/mol. The minimum absolute atomic E-state index is 0.243. The largest absolute Gasteiger partial charge is 0.450 e. The Bertz CT molecular complexity index is 937.